The number of aromatic nitrogens is 1. The van der Waals surface area contributed by atoms with E-state index in [-0.39, 0.29) is 18.1 Å². The van der Waals surface area contributed by atoms with Crippen LogP contribution in [0.3, 0.4) is 0 Å². The summed E-state index contributed by atoms with van der Waals surface area (Å²) in [4.78, 5) is 12.1. The van der Waals surface area contributed by atoms with Crippen molar-refractivity contribution in [2.75, 3.05) is 11.9 Å². The van der Waals surface area contributed by atoms with Gasteiger partial charge in [0, 0.05) is 24.0 Å². The number of anilines is 1. The topological polar surface area (TPSA) is 103 Å². The van der Waals surface area contributed by atoms with Crippen molar-refractivity contribution in [3.8, 4) is 11.9 Å². The second-order valence-electron chi connectivity index (χ2n) is 6.36. The second kappa shape index (κ2) is 8.82. The van der Waals surface area contributed by atoms with Crippen LogP contribution < -0.4 is 5.32 Å². The van der Waals surface area contributed by atoms with Crippen molar-refractivity contribution in [3.05, 3.63) is 54.1 Å². The average molecular weight is 375 g/mol. The van der Waals surface area contributed by atoms with E-state index >= 15 is 0 Å². The highest BCUT2D eigenvalue weighted by molar-refractivity contribution is 5.95. The zero-order valence-electron chi connectivity index (χ0n) is 15.6. The van der Waals surface area contributed by atoms with Gasteiger partial charge in [-0.15, -0.1) is 10.2 Å². The normalized spacial score (nSPS) is 11.0. The smallest absolute Gasteiger partial charge is 0.283 e. The molecule has 2 aromatic carbocycles. The van der Waals surface area contributed by atoms with Gasteiger partial charge in [-0.2, -0.15) is 5.26 Å². The Balaban J connectivity index is 1.77. The van der Waals surface area contributed by atoms with Crippen LogP contribution in [0.5, 0.6) is 5.88 Å². The molecule has 2 N–H and O–H groups in total. The molecule has 0 saturated carbocycles. The first-order chi connectivity index (χ1) is 13.6. The number of hydrogen-bond acceptors (Lipinski definition) is 5. The maximum absolute atomic E-state index is 12.1. The zero-order valence-corrected chi connectivity index (χ0v) is 15.6. The second-order valence-corrected chi connectivity index (χ2v) is 6.36. The van der Waals surface area contributed by atoms with Crippen molar-refractivity contribution >= 4 is 28.2 Å². The number of para-hydroxylation sites is 2. The number of hydrogen-bond donors (Lipinski definition) is 2. The van der Waals surface area contributed by atoms with E-state index in [1.807, 2.05) is 55.5 Å². The molecule has 0 radical (unpaired) electrons. The number of carbonyl (C=O) groups excluding carboxylic acids is 1. The Hall–Kier alpha value is -3.66. The third kappa shape index (κ3) is 4.18. The molecule has 3 rings (SSSR count). The SMILES string of the molecule is Cc1ccccc1NCC(=O)N=Nc1c(O)n(CCCC#N)c2ccccc12. The Kier molecular flexibility index (Phi) is 6.02. The van der Waals surface area contributed by atoms with Gasteiger partial charge in [-0.05, 0) is 31.0 Å². The van der Waals surface area contributed by atoms with Crippen LogP contribution in [0.25, 0.3) is 10.9 Å². The van der Waals surface area contributed by atoms with Crippen LogP contribution >= 0.6 is 0 Å². The molecule has 0 aliphatic rings. The van der Waals surface area contributed by atoms with Crippen LogP contribution in [0.4, 0.5) is 11.4 Å². The van der Waals surface area contributed by atoms with Gasteiger partial charge in [0.1, 0.15) is 0 Å². The first-order valence-corrected chi connectivity index (χ1v) is 9.03. The van der Waals surface area contributed by atoms with Crippen LogP contribution in [-0.2, 0) is 11.3 Å². The van der Waals surface area contributed by atoms with E-state index in [4.69, 9.17) is 5.26 Å². The monoisotopic (exact) mass is 375 g/mol. The molecule has 0 spiro atoms. The highest BCUT2D eigenvalue weighted by Gasteiger charge is 2.16. The summed E-state index contributed by atoms with van der Waals surface area (Å²) in [5.74, 6) is -0.494. The van der Waals surface area contributed by atoms with Crippen LogP contribution in [0.1, 0.15) is 18.4 Å². The molecule has 1 aromatic heterocycles. The van der Waals surface area contributed by atoms with Gasteiger partial charge >= 0.3 is 0 Å². The maximum Gasteiger partial charge on any atom is 0.283 e. The molecule has 0 fully saturated rings. The summed E-state index contributed by atoms with van der Waals surface area (Å²) < 4.78 is 1.69. The van der Waals surface area contributed by atoms with Gasteiger partial charge in [-0.1, -0.05) is 36.4 Å². The maximum atomic E-state index is 12.1. The zero-order chi connectivity index (χ0) is 19.9. The fourth-order valence-electron chi connectivity index (χ4n) is 3.00. The third-order valence-corrected chi connectivity index (χ3v) is 4.42. The molecule has 0 saturated heterocycles. The lowest BCUT2D eigenvalue weighted by atomic mass is 10.2. The van der Waals surface area contributed by atoms with Gasteiger partial charge < -0.3 is 15.0 Å². The Morgan fingerprint density at radius 2 is 1.96 bits per heavy atom. The standard InChI is InChI=1S/C21H21N5O2/c1-15-8-2-4-10-17(15)23-14-19(27)24-25-20-16-9-3-5-11-18(16)26(21(20)28)13-7-6-12-22/h2-5,8-11,23,28H,6-7,13-14H2,1H3. The Morgan fingerprint density at radius 1 is 1.21 bits per heavy atom. The molecule has 0 unspecified atom stereocenters. The quantitative estimate of drug-likeness (QED) is 0.462. The number of nitrogens with one attached hydrogen (secondary N) is 1. The minimum atomic E-state index is -0.441. The highest BCUT2D eigenvalue weighted by atomic mass is 16.3. The molecule has 1 heterocycles. The fourth-order valence-corrected chi connectivity index (χ4v) is 3.00. The van der Waals surface area contributed by atoms with E-state index in [1.54, 1.807) is 4.57 Å². The lowest BCUT2D eigenvalue weighted by Gasteiger charge is -2.06. The minimum Gasteiger partial charge on any atom is -0.493 e. The first kappa shape index (κ1) is 19.1. The number of nitrogens with zero attached hydrogens (tertiary/aromatic N) is 4. The minimum absolute atomic E-state index is 0.00985. The van der Waals surface area contributed by atoms with Crippen molar-refractivity contribution in [1.29, 1.82) is 5.26 Å². The molecular formula is C21H21N5O2. The molecule has 0 aliphatic carbocycles. The summed E-state index contributed by atoms with van der Waals surface area (Å²) in [6.07, 6.45) is 1.00. The number of amides is 1. The van der Waals surface area contributed by atoms with Crippen LogP contribution in [0.2, 0.25) is 0 Å². The van der Waals surface area contributed by atoms with Gasteiger partial charge in [-0.3, -0.25) is 4.79 Å². The molecule has 7 nitrogen and oxygen atoms in total. The van der Waals surface area contributed by atoms with E-state index in [9.17, 15) is 9.90 Å². The van der Waals surface area contributed by atoms with E-state index in [0.717, 1.165) is 16.8 Å². The number of carbonyl (C=O) groups is 1. The fraction of sp³-hybridized carbons (Fsp3) is 0.238. The number of rotatable bonds is 7. The van der Waals surface area contributed by atoms with Crippen LogP contribution in [0.15, 0.2) is 58.8 Å². The number of unbranched alkanes of at least 4 members (excludes halogenated alkanes) is 1. The summed E-state index contributed by atoms with van der Waals surface area (Å²) in [5, 5.41) is 30.8. The molecule has 142 valence electrons. The molecule has 0 bridgehead atoms. The van der Waals surface area contributed by atoms with Gasteiger partial charge in [0.25, 0.3) is 5.91 Å². The van der Waals surface area contributed by atoms with Crippen molar-refractivity contribution < 1.29 is 9.90 Å². The molecule has 0 aliphatic heterocycles. The van der Waals surface area contributed by atoms with Crippen molar-refractivity contribution in [3.63, 3.8) is 0 Å². The molecule has 28 heavy (non-hydrogen) atoms. The van der Waals surface area contributed by atoms with Crippen LogP contribution in [0, 0.1) is 18.3 Å². The van der Waals surface area contributed by atoms with Crippen molar-refractivity contribution in [1.82, 2.24) is 4.57 Å². The summed E-state index contributed by atoms with van der Waals surface area (Å²) in [5.41, 5.74) is 2.95. The molecular weight excluding hydrogens is 354 g/mol. The van der Waals surface area contributed by atoms with Crippen LogP contribution in [-0.4, -0.2) is 22.1 Å². The molecule has 1 amide bonds. The number of nitriles is 1. The lowest BCUT2D eigenvalue weighted by molar-refractivity contribution is -0.116. The third-order valence-electron chi connectivity index (χ3n) is 4.42. The molecule has 7 heteroatoms. The van der Waals surface area contributed by atoms with Gasteiger partial charge in [-0.25, -0.2) is 0 Å². The number of aromatic hydroxyl groups is 1. The van der Waals surface area contributed by atoms with E-state index < -0.39 is 5.91 Å². The Labute approximate surface area is 162 Å². The number of aryl methyl sites for hydroxylation is 2. The predicted octanol–water partition coefficient (Wildman–Crippen LogP) is 4.68. The average Bonchev–Trinajstić information content (AvgIpc) is 2.97. The summed E-state index contributed by atoms with van der Waals surface area (Å²) >= 11 is 0. The number of fused-ring (bicyclic) bond motifs is 1. The van der Waals surface area contributed by atoms with E-state index in [1.165, 1.54) is 0 Å². The van der Waals surface area contributed by atoms with Gasteiger partial charge in [0.15, 0.2) is 5.69 Å². The lowest BCUT2D eigenvalue weighted by Crippen LogP contribution is -2.11. The number of azo groups is 1. The van der Waals surface area contributed by atoms with E-state index in [2.05, 4.69) is 21.6 Å². The van der Waals surface area contributed by atoms with Crippen molar-refractivity contribution in [2.24, 2.45) is 10.2 Å². The number of benzene rings is 2. The highest BCUT2D eigenvalue weighted by Crippen LogP contribution is 2.38. The summed E-state index contributed by atoms with van der Waals surface area (Å²) in [6, 6.07) is 17.1. The van der Waals surface area contributed by atoms with Gasteiger partial charge in [0.2, 0.25) is 5.88 Å². The Bertz CT molecular complexity index is 1060. The van der Waals surface area contributed by atoms with Gasteiger partial charge in [0.05, 0.1) is 18.1 Å². The first-order valence-electron chi connectivity index (χ1n) is 9.03. The van der Waals surface area contributed by atoms with Crippen molar-refractivity contribution in [2.45, 2.75) is 26.3 Å². The summed E-state index contributed by atoms with van der Waals surface area (Å²) in [7, 11) is 0. The molecule has 3 aromatic rings. The van der Waals surface area contributed by atoms with E-state index in [0.29, 0.717) is 24.8 Å². The Morgan fingerprint density at radius 3 is 2.75 bits per heavy atom. The molecule has 0 atom stereocenters. The predicted molar refractivity (Wildman–Crippen MR) is 108 cm³/mol. The largest absolute Gasteiger partial charge is 0.493 e. The summed E-state index contributed by atoms with van der Waals surface area (Å²) in [6.45, 7) is 2.45.